The molecule has 0 aromatic heterocycles. The summed E-state index contributed by atoms with van der Waals surface area (Å²) < 4.78 is 10.1. The highest BCUT2D eigenvalue weighted by atomic mass is 16.5. The van der Waals surface area contributed by atoms with Crippen LogP contribution in [0.25, 0.3) is 0 Å². The van der Waals surface area contributed by atoms with Crippen molar-refractivity contribution in [2.75, 3.05) is 26.3 Å². The zero-order valence-electron chi connectivity index (χ0n) is 16.2. The standard InChI is InChI=1S/C18H25N5O7/c1-2-3-7-30-18(28)23-13(16(26)27)10-22-15(25)12-5-4-11(9-14(12)24)29-8-6-21-17(19)20/h2,4-5,9,13,24H,1,3,6-8,10H2,(H,22,25)(H,23,28)(H,26,27)(H4,19,20,21)/t13-/m0/s1. The molecule has 12 nitrogen and oxygen atoms in total. The number of guanidine groups is 1. The maximum atomic E-state index is 12.2. The van der Waals surface area contributed by atoms with Crippen molar-refractivity contribution in [3.05, 3.63) is 36.4 Å². The second kappa shape index (κ2) is 12.5. The highest BCUT2D eigenvalue weighted by Gasteiger charge is 2.22. The molecular formula is C18H25N5O7. The number of phenolic OH excluding ortho intramolecular Hbond substituents is 1. The molecule has 0 aliphatic heterocycles. The number of nitrogens with one attached hydrogen (secondary N) is 2. The lowest BCUT2D eigenvalue weighted by Gasteiger charge is -2.15. The molecule has 164 valence electrons. The first-order valence-corrected chi connectivity index (χ1v) is 8.81. The van der Waals surface area contributed by atoms with Gasteiger partial charge >= 0.3 is 12.1 Å². The number of carbonyl (C=O) groups excluding carboxylic acids is 2. The third kappa shape index (κ3) is 8.82. The maximum absolute atomic E-state index is 12.2. The summed E-state index contributed by atoms with van der Waals surface area (Å²) >= 11 is 0. The summed E-state index contributed by atoms with van der Waals surface area (Å²) in [6, 6.07) is 2.53. The van der Waals surface area contributed by atoms with E-state index in [9.17, 15) is 24.6 Å². The minimum absolute atomic E-state index is 0.0439. The summed E-state index contributed by atoms with van der Waals surface area (Å²) in [5.41, 5.74) is 10.3. The average Bonchev–Trinajstić information content (AvgIpc) is 2.68. The highest BCUT2D eigenvalue weighted by molar-refractivity contribution is 5.97. The van der Waals surface area contributed by atoms with Crippen molar-refractivity contribution in [1.29, 1.82) is 0 Å². The van der Waals surface area contributed by atoms with E-state index in [1.165, 1.54) is 24.3 Å². The van der Waals surface area contributed by atoms with Crippen LogP contribution in [0.3, 0.4) is 0 Å². The van der Waals surface area contributed by atoms with Gasteiger partial charge in [-0.2, -0.15) is 0 Å². The number of carboxylic acid groups (broad SMARTS) is 1. The number of nitrogens with two attached hydrogens (primary N) is 2. The maximum Gasteiger partial charge on any atom is 0.407 e. The minimum Gasteiger partial charge on any atom is -0.507 e. The lowest BCUT2D eigenvalue weighted by molar-refractivity contribution is -0.139. The van der Waals surface area contributed by atoms with Gasteiger partial charge in [-0.3, -0.25) is 9.79 Å². The Hall–Kier alpha value is -3.96. The van der Waals surface area contributed by atoms with Gasteiger partial charge in [0.1, 0.15) is 24.1 Å². The SMILES string of the molecule is C=CCCOC(=O)N[C@@H](CNC(=O)c1ccc(OCCN=C(N)N)cc1O)C(=O)O. The molecule has 0 aliphatic carbocycles. The van der Waals surface area contributed by atoms with Crippen molar-refractivity contribution in [3.63, 3.8) is 0 Å². The summed E-state index contributed by atoms with van der Waals surface area (Å²) in [6.45, 7) is 3.44. The van der Waals surface area contributed by atoms with E-state index in [0.717, 1.165) is 0 Å². The van der Waals surface area contributed by atoms with Gasteiger partial charge < -0.3 is 41.8 Å². The van der Waals surface area contributed by atoms with Crippen molar-refractivity contribution in [3.8, 4) is 11.5 Å². The van der Waals surface area contributed by atoms with Crippen LogP contribution >= 0.6 is 0 Å². The van der Waals surface area contributed by atoms with Crippen LogP contribution in [0.1, 0.15) is 16.8 Å². The van der Waals surface area contributed by atoms with Gasteiger partial charge in [0.25, 0.3) is 5.91 Å². The van der Waals surface area contributed by atoms with Crippen molar-refractivity contribution >= 4 is 23.9 Å². The molecule has 8 N–H and O–H groups in total. The van der Waals surface area contributed by atoms with Crippen LogP contribution in [0.4, 0.5) is 4.79 Å². The van der Waals surface area contributed by atoms with E-state index < -0.39 is 30.6 Å². The fourth-order valence-corrected chi connectivity index (χ4v) is 2.04. The summed E-state index contributed by atoms with van der Waals surface area (Å²) in [6.07, 6.45) is 1.01. The van der Waals surface area contributed by atoms with Gasteiger partial charge in [0.05, 0.1) is 18.7 Å². The van der Waals surface area contributed by atoms with E-state index in [2.05, 4.69) is 22.2 Å². The molecule has 0 aliphatic rings. The number of hydrogen-bond donors (Lipinski definition) is 6. The van der Waals surface area contributed by atoms with Gasteiger partial charge in [-0.25, -0.2) is 9.59 Å². The van der Waals surface area contributed by atoms with Gasteiger partial charge in [-0.05, 0) is 18.6 Å². The quantitative estimate of drug-likeness (QED) is 0.111. The number of aromatic hydroxyl groups is 1. The van der Waals surface area contributed by atoms with E-state index in [0.29, 0.717) is 6.42 Å². The number of carbonyl (C=O) groups is 3. The molecule has 0 spiro atoms. The van der Waals surface area contributed by atoms with Crippen LogP contribution in [-0.4, -0.2) is 66.5 Å². The molecule has 0 saturated carbocycles. The topological polar surface area (TPSA) is 199 Å². The van der Waals surface area contributed by atoms with Crippen molar-refractivity contribution in [2.45, 2.75) is 12.5 Å². The normalized spacial score (nSPS) is 10.9. The lowest BCUT2D eigenvalue weighted by atomic mass is 10.1. The first-order valence-electron chi connectivity index (χ1n) is 8.81. The molecule has 2 amide bonds. The molecule has 1 atom stereocenters. The average molecular weight is 423 g/mol. The first kappa shape index (κ1) is 24.1. The highest BCUT2D eigenvalue weighted by Crippen LogP contribution is 2.23. The largest absolute Gasteiger partial charge is 0.507 e. The number of phenols is 1. The van der Waals surface area contributed by atoms with E-state index in [1.54, 1.807) is 0 Å². The van der Waals surface area contributed by atoms with Gasteiger partial charge in [0.2, 0.25) is 0 Å². The molecule has 0 heterocycles. The van der Waals surface area contributed by atoms with Crippen LogP contribution in [-0.2, 0) is 9.53 Å². The Morgan fingerprint density at radius 2 is 2.00 bits per heavy atom. The fourth-order valence-electron chi connectivity index (χ4n) is 2.04. The fraction of sp³-hybridized carbons (Fsp3) is 0.333. The Kier molecular flexibility index (Phi) is 10.0. The number of benzene rings is 1. The number of rotatable bonds is 12. The lowest BCUT2D eigenvalue weighted by Crippen LogP contribution is -2.48. The predicted molar refractivity (Wildman–Crippen MR) is 107 cm³/mol. The van der Waals surface area contributed by atoms with Gasteiger partial charge in [-0.1, -0.05) is 6.08 Å². The van der Waals surface area contributed by atoms with Crippen molar-refractivity contribution in [2.24, 2.45) is 16.5 Å². The monoisotopic (exact) mass is 423 g/mol. The first-order chi connectivity index (χ1) is 14.2. The summed E-state index contributed by atoms with van der Waals surface area (Å²) in [5, 5.41) is 23.6. The van der Waals surface area contributed by atoms with E-state index in [1.807, 2.05) is 0 Å². The number of ether oxygens (including phenoxy) is 2. The Bertz CT molecular complexity index is 793. The van der Waals surface area contributed by atoms with E-state index in [-0.39, 0.29) is 42.8 Å². The van der Waals surface area contributed by atoms with E-state index >= 15 is 0 Å². The number of aliphatic carboxylic acids is 1. The van der Waals surface area contributed by atoms with Crippen LogP contribution in [0.5, 0.6) is 11.5 Å². The smallest absolute Gasteiger partial charge is 0.407 e. The Morgan fingerprint density at radius 1 is 1.27 bits per heavy atom. The number of carboxylic acids is 1. The molecule has 12 heteroatoms. The third-order valence-corrected chi connectivity index (χ3v) is 3.48. The third-order valence-electron chi connectivity index (χ3n) is 3.48. The molecule has 0 bridgehead atoms. The molecule has 1 aromatic carbocycles. The molecule has 0 unspecified atom stereocenters. The zero-order valence-corrected chi connectivity index (χ0v) is 16.2. The van der Waals surface area contributed by atoms with Crippen LogP contribution in [0.15, 0.2) is 35.8 Å². The summed E-state index contributed by atoms with van der Waals surface area (Å²) in [7, 11) is 0. The molecule has 0 radical (unpaired) electrons. The number of alkyl carbamates (subject to hydrolysis) is 1. The number of amides is 2. The second-order valence-corrected chi connectivity index (χ2v) is 5.79. The Balaban J connectivity index is 2.60. The van der Waals surface area contributed by atoms with Crippen molar-refractivity contribution < 1.29 is 34.1 Å². The number of nitrogens with zero attached hydrogens (tertiary/aromatic N) is 1. The molecule has 0 fully saturated rings. The number of aliphatic imine (C=N–C) groups is 1. The molecule has 1 aromatic rings. The Labute approximate surface area is 172 Å². The predicted octanol–water partition coefficient (Wildman–Crippen LogP) is -0.470. The van der Waals surface area contributed by atoms with Crippen LogP contribution in [0.2, 0.25) is 0 Å². The Morgan fingerprint density at radius 3 is 2.60 bits per heavy atom. The zero-order chi connectivity index (χ0) is 22.5. The molecule has 0 saturated heterocycles. The second-order valence-electron chi connectivity index (χ2n) is 5.79. The molecular weight excluding hydrogens is 398 g/mol. The van der Waals surface area contributed by atoms with Gasteiger partial charge in [-0.15, -0.1) is 6.58 Å². The summed E-state index contributed by atoms with van der Waals surface area (Å²) in [5.74, 6) is -2.29. The van der Waals surface area contributed by atoms with Crippen LogP contribution < -0.4 is 26.8 Å². The van der Waals surface area contributed by atoms with Crippen molar-refractivity contribution in [1.82, 2.24) is 10.6 Å². The number of hydrogen-bond acceptors (Lipinski definition) is 7. The summed E-state index contributed by atoms with van der Waals surface area (Å²) in [4.78, 5) is 38.8. The molecule has 1 rings (SSSR count). The van der Waals surface area contributed by atoms with Gasteiger partial charge in [0.15, 0.2) is 5.96 Å². The van der Waals surface area contributed by atoms with Crippen LogP contribution in [0, 0.1) is 0 Å². The molecule has 30 heavy (non-hydrogen) atoms. The minimum atomic E-state index is -1.43. The van der Waals surface area contributed by atoms with E-state index in [4.69, 9.17) is 20.9 Å². The van der Waals surface area contributed by atoms with Gasteiger partial charge in [0, 0.05) is 12.6 Å².